The molecule has 4 heterocycles. The number of nitrogens with one attached hydrogen (secondary N) is 2. The van der Waals surface area contributed by atoms with Crippen LogP contribution < -0.4 is 14.8 Å². The van der Waals surface area contributed by atoms with Crippen molar-refractivity contribution in [1.29, 1.82) is 0 Å². The van der Waals surface area contributed by atoms with Crippen LogP contribution in [0.5, 0.6) is 5.88 Å². The molecule has 0 spiro atoms. The highest BCUT2D eigenvalue weighted by molar-refractivity contribution is 7.91. The molecule has 11 nitrogen and oxygen atoms in total. The number of aromatic nitrogens is 3. The predicted octanol–water partition coefficient (Wildman–Crippen LogP) is 5.57. The Morgan fingerprint density at radius 1 is 1.25 bits per heavy atom. The molecule has 2 aliphatic heterocycles. The van der Waals surface area contributed by atoms with Gasteiger partial charge < -0.3 is 10.1 Å². The maximum Gasteiger partial charge on any atom is 0.392 e. The molecule has 0 bridgehead atoms. The average molecular weight is 658 g/mol. The van der Waals surface area contributed by atoms with Crippen molar-refractivity contribution in [3.63, 3.8) is 0 Å². The minimum Gasteiger partial charge on any atom is -0.477 e. The molecule has 44 heavy (non-hydrogen) atoms. The standard InChI is InChI=1S/C28H35ClF3N7O4S/c1-17-15-34-38-27(17,10-4-5-18-14-26(2,3)33-16-18)44(41,42)37-25(40)20-6-7-22(35-24(20)29)39-11-8-23(36-39)43-12-9-19-13-21(19)28(30,31)32/h6-8,11,15,18-19,21,33H,4-5,9-10,12-14,16H2,1-3H3,(H,37,40)/t18-,19?,21?,27?/m0/s1. The van der Waals surface area contributed by atoms with Gasteiger partial charge in [-0.25, -0.2) is 22.8 Å². The first-order valence-electron chi connectivity index (χ1n) is 14.4. The number of carbonyl (C=O) groups is 1. The summed E-state index contributed by atoms with van der Waals surface area (Å²) >= 11 is 6.30. The molecule has 240 valence electrons. The Bertz CT molecular complexity index is 1580. The van der Waals surface area contributed by atoms with Gasteiger partial charge in [-0.1, -0.05) is 11.6 Å². The molecule has 1 saturated heterocycles. The second-order valence-corrected chi connectivity index (χ2v) is 14.6. The van der Waals surface area contributed by atoms with Crippen LogP contribution in [0, 0.1) is 17.8 Å². The summed E-state index contributed by atoms with van der Waals surface area (Å²) in [4.78, 5) is 15.6. The number of sulfonamides is 1. The largest absolute Gasteiger partial charge is 0.477 e. The summed E-state index contributed by atoms with van der Waals surface area (Å²) in [6.07, 6.45) is 1.64. The smallest absolute Gasteiger partial charge is 0.392 e. The molecule has 5 rings (SSSR count). The Kier molecular flexibility index (Phi) is 8.86. The van der Waals surface area contributed by atoms with Crippen molar-refractivity contribution in [3.05, 3.63) is 46.9 Å². The van der Waals surface area contributed by atoms with Crippen molar-refractivity contribution < 1.29 is 31.1 Å². The molecule has 1 aliphatic carbocycles. The van der Waals surface area contributed by atoms with Crippen molar-refractivity contribution >= 4 is 27.5 Å². The van der Waals surface area contributed by atoms with E-state index in [2.05, 4.69) is 44.2 Å². The molecule has 0 radical (unpaired) electrons. The Hall–Kier alpha value is -3.04. The molecule has 2 aromatic heterocycles. The van der Waals surface area contributed by atoms with Crippen LogP contribution >= 0.6 is 11.6 Å². The van der Waals surface area contributed by atoms with Crippen LogP contribution in [-0.4, -0.2) is 58.8 Å². The molecule has 2 aromatic rings. The summed E-state index contributed by atoms with van der Waals surface area (Å²) in [6.45, 7) is 6.84. The minimum atomic E-state index is -4.36. The van der Waals surface area contributed by atoms with Crippen LogP contribution in [0.1, 0.15) is 69.7 Å². The van der Waals surface area contributed by atoms with Gasteiger partial charge >= 0.3 is 6.18 Å². The zero-order chi connectivity index (χ0) is 31.9. The number of halogens is 4. The van der Waals surface area contributed by atoms with Crippen molar-refractivity contribution in [2.45, 2.75) is 75.9 Å². The Morgan fingerprint density at radius 2 is 2.02 bits per heavy atom. The molecule has 0 aromatic carbocycles. The number of ether oxygens (including phenoxy) is 1. The van der Waals surface area contributed by atoms with Gasteiger partial charge in [-0.2, -0.15) is 23.4 Å². The minimum absolute atomic E-state index is 0.0457. The number of rotatable bonds is 12. The quantitative estimate of drug-likeness (QED) is 0.284. The number of alkyl halides is 3. The van der Waals surface area contributed by atoms with E-state index >= 15 is 0 Å². The number of amides is 1. The lowest BCUT2D eigenvalue weighted by Gasteiger charge is -2.27. The summed E-state index contributed by atoms with van der Waals surface area (Å²) < 4.78 is 74.2. The maximum atomic E-state index is 13.6. The SMILES string of the molecule is CC1=CN=NC1(CCC[C@@H]1CNC(C)(C)C1)S(=O)(=O)NC(=O)c1ccc(-n2ccc(OCCC3CC3C(F)(F)F)n2)nc1Cl. The third-order valence-electron chi connectivity index (χ3n) is 8.51. The summed E-state index contributed by atoms with van der Waals surface area (Å²) in [5, 5.41) is 15.3. The lowest BCUT2D eigenvalue weighted by atomic mass is 9.92. The van der Waals surface area contributed by atoms with E-state index in [1.165, 1.54) is 35.3 Å². The zero-order valence-corrected chi connectivity index (χ0v) is 26.1. The number of hydrogen-bond donors (Lipinski definition) is 2. The predicted molar refractivity (Wildman–Crippen MR) is 156 cm³/mol. The number of pyridine rings is 1. The van der Waals surface area contributed by atoms with Gasteiger partial charge in [0.15, 0.2) is 5.82 Å². The van der Waals surface area contributed by atoms with Gasteiger partial charge in [0.05, 0.1) is 24.3 Å². The maximum absolute atomic E-state index is 13.6. The number of carbonyl (C=O) groups excluding carboxylic acids is 1. The first-order chi connectivity index (χ1) is 20.6. The van der Waals surface area contributed by atoms with Gasteiger partial charge in [0.1, 0.15) is 5.15 Å². The normalized spacial score (nSPS) is 26.1. The molecule has 1 amide bonds. The molecule has 3 unspecified atom stereocenters. The average Bonchev–Trinajstić information content (AvgIpc) is 3.20. The van der Waals surface area contributed by atoms with E-state index in [4.69, 9.17) is 16.3 Å². The Morgan fingerprint density at radius 3 is 2.64 bits per heavy atom. The van der Waals surface area contributed by atoms with Crippen molar-refractivity contribution in [1.82, 2.24) is 24.8 Å². The first-order valence-corrected chi connectivity index (χ1v) is 16.3. The second-order valence-electron chi connectivity index (χ2n) is 12.4. The fourth-order valence-electron chi connectivity index (χ4n) is 5.93. The van der Waals surface area contributed by atoms with E-state index in [0.717, 1.165) is 19.4 Å². The van der Waals surface area contributed by atoms with Gasteiger partial charge in [-0.05, 0) is 95.4 Å². The lowest BCUT2D eigenvalue weighted by molar-refractivity contribution is -0.151. The fraction of sp³-hybridized carbons (Fsp3) is 0.607. The fourth-order valence-corrected chi connectivity index (χ4v) is 7.74. The highest BCUT2D eigenvalue weighted by Gasteiger charge is 2.55. The van der Waals surface area contributed by atoms with Gasteiger partial charge in [0.25, 0.3) is 15.9 Å². The Balaban J connectivity index is 1.19. The monoisotopic (exact) mass is 657 g/mol. The lowest BCUT2D eigenvalue weighted by Crippen LogP contribution is -2.47. The summed E-state index contributed by atoms with van der Waals surface area (Å²) in [7, 11) is -4.36. The zero-order valence-electron chi connectivity index (χ0n) is 24.6. The molecular formula is C28H35ClF3N7O4S. The van der Waals surface area contributed by atoms with Gasteiger partial charge in [-0.3, -0.25) is 4.79 Å². The molecular weight excluding hydrogens is 623 g/mol. The van der Waals surface area contributed by atoms with Crippen LogP contribution in [0.3, 0.4) is 0 Å². The third-order valence-corrected chi connectivity index (χ3v) is 10.8. The summed E-state index contributed by atoms with van der Waals surface area (Å²) in [6, 6.07) is 4.27. The topological polar surface area (TPSA) is 140 Å². The van der Waals surface area contributed by atoms with Gasteiger partial charge in [0, 0.05) is 17.8 Å². The van der Waals surface area contributed by atoms with Crippen LogP contribution in [-0.2, 0) is 10.0 Å². The summed E-state index contributed by atoms with van der Waals surface area (Å²) in [5.41, 5.74) is 0.290. The summed E-state index contributed by atoms with van der Waals surface area (Å²) in [5.74, 6) is -1.85. The number of hydrogen-bond acceptors (Lipinski definition) is 9. The van der Waals surface area contributed by atoms with Crippen LogP contribution in [0.4, 0.5) is 13.2 Å². The van der Waals surface area contributed by atoms with Crippen LogP contribution in [0.2, 0.25) is 5.15 Å². The van der Waals surface area contributed by atoms with E-state index < -0.39 is 38.8 Å². The Labute approximate surface area is 258 Å². The molecule has 16 heteroatoms. The molecule has 1 saturated carbocycles. The van der Waals surface area contributed by atoms with E-state index in [9.17, 15) is 26.4 Å². The molecule has 3 aliphatic rings. The molecule has 4 atom stereocenters. The van der Waals surface area contributed by atoms with Crippen molar-refractivity contribution in [2.24, 2.45) is 28.0 Å². The van der Waals surface area contributed by atoms with Crippen LogP contribution in [0.15, 0.2) is 46.4 Å². The number of azo groups is 1. The molecule has 2 fully saturated rings. The number of nitrogens with zero attached hydrogens (tertiary/aromatic N) is 5. The first kappa shape index (κ1) is 32.4. The third kappa shape index (κ3) is 6.94. The van der Waals surface area contributed by atoms with E-state index in [-0.39, 0.29) is 53.8 Å². The molecule has 2 N–H and O–H groups in total. The van der Waals surface area contributed by atoms with E-state index in [1.54, 1.807) is 6.92 Å². The highest BCUT2D eigenvalue weighted by Crippen LogP contribution is 2.51. The van der Waals surface area contributed by atoms with Gasteiger partial charge in [0.2, 0.25) is 10.8 Å². The van der Waals surface area contributed by atoms with E-state index in [1.807, 2.05) is 0 Å². The second kappa shape index (κ2) is 12.0. The van der Waals surface area contributed by atoms with Crippen molar-refractivity contribution in [2.75, 3.05) is 13.2 Å². The highest BCUT2D eigenvalue weighted by atomic mass is 35.5. The van der Waals surface area contributed by atoms with Crippen LogP contribution in [0.25, 0.3) is 5.82 Å². The van der Waals surface area contributed by atoms with Crippen molar-refractivity contribution in [3.8, 4) is 11.7 Å². The van der Waals surface area contributed by atoms with Gasteiger partial charge in [-0.15, -0.1) is 5.10 Å². The van der Waals surface area contributed by atoms with E-state index in [0.29, 0.717) is 17.9 Å².